The van der Waals surface area contributed by atoms with E-state index in [0.29, 0.717) is 22.0 Å². The third kappa shape index (κ3) is 2.61. The number of aromatic nitrogens is 2. The zero-order chi connectivity index (χ0) is 18.4. The molecule has 3 aromatic rings. The fourth-order valence-electron chi connectivity index (χ4n) is 2.99. The average molecular weight is 354 g/mol. The summed E-state index contributed by atoms with van der Waals surface area (Å²) in [6.07, 6.45) is 3.87. The summed E-state index contributed by atoms with van der Waals surface area (Å²) in [6.45, 7) is 3.70. The molecular formula is C19H16F2N4O. The first kappa shape index (κ1) is 16.3. The molecule has 1 aliphatic carbocycles. The van der Waals surface area contributed by atoms with Crippen molar-refractivity contribution in [2.75, 3.05) is 11.1 Å². The summed E-state index contributed by atoms with van der Waals surface area (Å²) in [5.41, 5.74) is 6.85. The minimum absolute atomic E-state index is 0.0225. The summed E-state index contributed by atoms with van der Waals surface area (Å²) in [5, 5.41) is 3.65. The van der Waals surface area contributed by atoms with Crippen LogP contribution in [0.2, 0.25) is 0 Å². The summed E-state index contributed by atoms with van der Waals surface area (Å²) < 4.78 is 29.5. The molecule has 2 heterocycles. The smallest absolute Gasteiger partial charge is 0.231 e. The number of hydrogen-bond donors (Lipinski definition) is 2. The van der Waals surface area contributed by atoms with Crippen LogP contribution >= 0.6 is 0 Å². The summed E-state index contributed by atoms with van der Waals surface area (Å²) in [6, 6.07) is 6.77. The highest BCUT2D eigenvalue weighted by molar-refractivity contribution is 6.00. The number of carbonyl (C=O) groups excluding carboxylic acids is 1. The maximum absolute atomic E-state index is 14.8. The number of amides is 1. The van der Waals surface area contributed by atoms with Crippen LogP contribution in [0.5, 0.6) is 0 Å². The van der Waals surface area contributed by atoms with Crippen molar-refractivity contribution in [2.24, 2.45) is 5.92 Å². The topological polar surface area (TPSA) is 72.9 Å². The van der Waals surface area contributed by atoms with E-state index in [-0.39, 0.29) is 17.9 Å². The van der Waals surface area contributed by atoms with Gasteiger partial charge < -0.3 is 15.6 Å². The predicted octanol–water partition coefficient (Wildman–Crippen LogP) is 3.82. The molecule has 1 fully saturated rings. The zero-order valence-electron chi connectivity index (χ0n) is 13.7. The molecule has 0 radical (unpaired) electrons. The van der Waals surface area contributed by atoms with E-state index >= 15 is 0 Å². The zero-order valence-corrected chi connectivity index (χ0v) is 13.7. The number of nitrogens with two attached hydrogens (primary N) is 1. The molecule has 1 aromatic carbocycles. The van der Waals surface area contributed by atoms with E-state index in [4.69, 9.17) is 5.73 Å². The van der Waals surface area contributed by atoms with Crippen LogP contribution in [-0.2, 0) is 4.79 Å². The maximum atomic E-state index is 14.8. The largest absolute Gasteiger partial charge is 0.396 e. The molecule has 1 saturated carbocycles. The van der Waals surface area contributed by atoms with Crippen molar-refractivity contribution in [3.8, 4) is 11.3 Å². The van der Waals surface area contributed by atoms with Crippen LogP contribution in [0, 0.1) is 11.7 Å². The van der Waals surface area contributed by atoms with Crippen LogP contribution in [0.25, 0.3) is 28.2 Å². The summed E-state index contributed by atoms with van der Waals surface area (Å²) in [5.74, 6) is -1.29. The Hall–Kier alpha value is -3.22. The van der Waals surface area contributed by atoms with Crippen molar-refractivity contribution in [1.82, 2.24) is 9.55 Å². The van der Waals surface area contributed by atoms with Gasteiger partial charge in [-0.1, -0.05) is 6.58 Å². The molecule has 2 unspecified atom stereocenters. The van der Waals surface area contributed by atoms with Crippen molar-refractivity contribution in [2.45, 2.75) is 12.6 Å². The van der Waals surface area contributed by atoms with E-state index in [0.717, 1.165) is 0 Å². The molecule has 5 nitrogen and oxygen atoms in total. The monoisotopic (exact) mass is 354 g/mol. The van der Waals surface area contributed by atoms with Gasteiger partial charge in [-0.2, -0.15) is 0 Å². The van der Waals surface area contributed by atoms with E-state index in [1.54, 1.807) is 41.2 Å². The fraction of sp³-hybridized carbons (Fsp3) is 0.158. The number of fused-ring (bicyclic) bond motifs is 1. The number of nitrogen functional groups attached to an aromatic ring is 1. The third-order valence-corrected chi connectivity index (χ3v) is 4.55. The lowest BCUT2D eigenvalue weighted by Gasteiger charge is -2.12. The number of nitrogens with one attached hydrogen (secondary N) is 1. The van der Waals surface area contributed by atoms with E-state index in [1.165, 1.54) is 6.20 Å². The average Bonchev–Trinajstić information content (AvgIpc) is 3.18. The Morgan fingerprint density at radius 1 is 1.46 bits per heavy atom. The molecule has 1 amide bonds. The Bertz CT molecular complexity index is 1040. The molecule has 3 N–H and O–H groups in total. The second-order valence-corrected chi connectivity index (χ2v) is 6.27. The molecular weight excluding hydrogens is 338 g/mol. The lowest BCUT2D eigenvalue weighted by Crippen LogP contribution is -2.15. The Balaban J connectivity index is 1.78. The van der Waals surface area contributed by atoms with Crippen LogP contribution in [-0.4, -0.2) is 21.6 Å². The van der Waals surface area contributed by atoms with Gasteiger partial charge in [0.15, 0.2) is 5.82 Å². The number of hydrogen-bond acceptors (Lipinski definition) is 3. The number of halogens is 2. The molecule has 0 aliphatic heterocycles. The first-order valence-electron chi connectivity index (χ1n) is 8.12. The van der Waals surface area contributed by atoms with Crippen molar-refractivity contribution < 1.29 is 13.6 Å². The van der Waals surface area contributed by atoms with Crippen LogP contribution in [0.3, 0.4) is 0 Å². The standard InChI is InChI=1S/C19H16F2N4O/c1-2-25-5-3-4-15(25)12-6-10-7-16(24-19(26)11-8-14(11)20)23-9-13(10)18(22)17(12)21/h2-7,9,11,14H,1,8,22H2,(H,23,24,26). The minimum atomic E-state index is -1.08. The molecule has 26 heavy (non-hydrogen) atoms. The normalized spacial score (nSPS) is 18.7. The van der Waals surface area contributed by atoms with E-state index in [9.17, 15) is 13.6 Å². The molecule has 0 saturated heterocycles. The Kier molecular flexibility index (Phi) is 3.72. The molecule has 4 rings (SSSR count). The van der Waals surface area contributed by atoms with E-state index in [2.05, 4.69) is 16.9 Å². The van der Waals surface area contributed by atoms with E-state index in [1.807, 2.05) is 0 Å². The molecule has 2 aromatic heterocycles. The van der Waals surface area contributed by atoms with Gasteiger partial charge in [0.1, 0.15) is 12.0 Å². The number of carbonyl (C=O) groups is 1. The van der Waals surface area contributed by atoms with Gasteiger partial charge in [-0.05, 0) is 36.1 Å². The van der Waals surface area contributed by atoms with Crippen molar-refractivity contribution >= 4 is 34.4 Å². The summed E-state index contributed by atoms with van der Waals surface area (Å²) in [4.78, 5) is 16.0. The Labute approximate surface area is 148 Å². The summed E-state index contributed by atoms with van der Waals surface area (Å²) in [7, 11) is 0. The minimum Gasteiger partial charge on any atom is -0.396 e. The van der Waals surface area contributed by atoms with Crippen LogP contribution in [0.4, 0.5) is 20.3 Å². The lowest BCUT2D eigenvalue weighted by atomic mass is 10.0. The number of benzene rings is 1. The van der Waals surface area contributed by atoms with Crippen LogP contribution in [0.1, 0.15) is 6.42 Å². The molecule has 2 atom stereocenters. The van der Waals surface area contributed by atoms with Crippen LogP contribution in [0.15, 0.2) is 43.2 Å². The van der Waals surface area contributed by atoms with Crippen molar-refractivity contribution in [1.29, 1.82) is 0 Å². The molecule has 1 aliphatic rings. The maximum Gasteiger partial charge on any atom is 0.231 e. The molecule has 0 spiro atoms. The van der Waals surface area contributed by atoms with Gasteiger partial charge in [-0.3, -0.25) is 4.79 Å². The lowest BCUT2D eigenvalue weighted by molar-refractivity contribution is -0.117. The van der Waals surface area contributed by atoms with Gasteiger partial charge in [-0.15, -0.1) is 0 Å². The van der Waals surface area contributed by atoms with Crippen molar-refractivity contribution in [3.63, 3.8) is 0 Å². The highest BCUT2D eigenvalue weighted by Gasteiger charge is 2.43. The number of anilines is 2. The fourth-order valence-corrected chi connectivity index (χ4v) is 2.99. The SMILES string of the molecule is C=Cn1cccc1-c1cc2cc(NC(=O)C3CC3F)ncc2c(N)c1F. The second-order valence-electron chi connectivity index (χ2n) is 6.27. The quantitative estimate of drug-likeness (QED) is 0.700. The molecule has 7 heteroatoms. The van der Waals surface area contributed by atoms with Gasteiger partial charge in [0.2, 0.25) is 5.91 Å². The van der Waals surface area contributed by atoms with Gasteiger partial charge in [-0.25, -0.2) is 13.8 Å². The predicted molar refractivity (Wildman–Crippen MR) is 97.6 cm³/mol. The van der Waals surface area contributed by atoms with Gasteiger partial charge in [0.05, 0.1) is 17.3 Å². The van der Waals surface area contributed by atoms with Gasteiger partial charge in [0, 0.05) is 29.5 Å². The van der Waals surface area contributed by atoms with Crippen LogP contribution < -0.4 is 11.1 Å². The number of pyridine rings is 1. The molecule has 132 valence electrons. The third-order valence-electron chi connectivity index (χ3n) is 4.55. The van der Waals surface area contributed by atoms with Gasteiger partial charge >= 0.3 is 0 Å². The second kappa shape index (κ2) is 5.94. The first-order chi connectivity index (χ1) is 12.5. The summed E-state index contributed by atoms with van der Waals surface area (Å²) >= 11 is 0. The first-order valence-corrected chi connectivity index (χ1v) is 8.12. The van der Waals surface area contributed by atoms with Crippen molar-refractivity contribution in [3.05, 3.63) is 49.1 Å². The molecule has 0 bridgehead atoms. The van der Waals surface area contributed by atoms with Gasteiger partial charge in [0.25, 0.3) is 0 Å². The highest BCUT2D eigenvalue weighted by atomic mass is 19.1. The number of nitrogens with zero attached hydrogens (tertiary/aromatic N) is 2. The van der Waals surface area contributed by atoms with E-state index < -0.39 is 23.8 Å². The highest BCUT2D eigenvalue weighted by Crippen LogP contribution is 2.36. The Morgan fingerprint density at radius 2 is 2.23 bits per heavy atom. The number of rotatable bonds is 4. The number of alkyl halides is 1. The Morgan fingerprint density at radius 3 is 2.92 bits per heavy atom.